The molecule has 3 N–H and O–H groups in total. The number of hydrogen-bond acceptors (Lipinski definition) is 5. The predicted molar refractivity (Wildman–Crippen MR) is 102 cm³/mol. The lowest BCUT2D eigenvalue weighted by atomic mass is 9.85. The topological polar surface area (TPSA) is 74.5 Å². The third-order valence-electron chi connectivity index (χ3n) is 5.64. The monoisotopic (exact) mass is 345 g/mol. The van der Waals surface area contributed by atoms with Crippen LogP contribution in [-0.2, 0) is 4.79 Å². The number of nitrogens with zero attached hydrogens (tertiary/aromatic N) is 3. The Labute approximate surface area is 150 Å². The molecule has 1 aromatic rings. The summed E-state index contributed by atoms with van der Waals surface area (Å²) in [5.41, 5.74) is 7.12. The van der Waals surface area contributed by atoms with Crippen molar-refractivity contribution in [1.82, 2.24) is 9.88 Å². The molecule has 2 aliphatic rings. The van der Waals surface area contributed by atoms with Gasteiger partial charge in [0.2, 0.25) is 5.91 Å². The summed E-state index contributed by atoms with van der Waals surface area (Å²) < 4.78 is 0. The molecule has 2 unspecified atom stereocenters. The van der Waals surface area contributed by atoms with Crippen LogP contribution in [0.15, 0.2) is 18.3 Å². The van der Waals surface area contributed by atoms with Crippen molar-refractivity contribution in [2.45, 2.75) is 50.6 Å². The first-order chi connectivity index (χ1) is 12.0. The fourth-order valence-corrected chi connectivity index (χ4v) is 3.98. The molecule has 1 aliphatic carbocycles. The highest BCUT2D eigenvalue weighted by atomic mass is 16.1. The van der Waals surface area contributed by atoms with Crippen molar-refractivity contribution < 1.29 is 4.79 Å². The second kappa shape index (κ2) is 8.15. The standard InChI is InChI=1S/C19H31N5O/c1-23(2)16-8-10-24(11-9-16)17-6-7-18(21-13-17)22-19(25)14-4-3-5-15(20)12-14/h6-7,13-16H,3-5,8-12,20H2,1-2H3,(H,21,22,25). The van der Waals surface area contributed by atoms with Gasteiger partial charge in [0.1, 0.15) is 5.82 Å². The minimum absolute atomic E-state index is 0.0234. The molecule has 1 amide bonds. The van der Waals surface area contributed by atoms with Crippen LogP contribution in [0.5, 0.6) is 0 Å². The van der Waals surface area contributed by atoms with Gasteiger partial charge in [-0.3, -0.25) is 4.79 Å². The zero-order valence-electron chi connectivity index (χ0n) is 15.4. The first-order valence-electron chi connectivity index (χ1n) is 9.47. The smallest absolute Gasteiger partial charge is 0.228 e. The van der Waals surface area contributed by atoms with E-state index in [2.05, 4.69) is 40.3 Å². The van der Waals surface area contributed by atoms with Crippen molar-refractivity contribution in [3.8, 4) is 0 Å². The minimum Gasteiger partial charge on any atom is -0.370 e. The number of nitrogens with one attached hydrogen (secondary N) is 1. The normalized spacial score (nSPS) is 25.2. The number of carbonyl (C=O) groups excluding carboxylic acids is 1. The molecule has 6 heteroatoms. The van der Waals surface area contributed by atoms with Gasteiger partial charge in [-0.2, -0.15) is 0 Å². The molecule has 138 valence electrons. The third kappa shape index (κ3) is 4.70. The molecule has 1 aromatic heterocycles. The molecule has 0 aromatic carbocycles. The molecule has 0 radical (unpaired) electrons. The first-order valence-corrected chi connectivity index (χ1v) is 9.47. The second-order valence-electron chi connectivity index (χ2n) is 7.70. The zero-order chi connectivity index (χ0) is 17.8. The van der Waals surface area contributed by atoms with Gasteiger partial charge < -0.3 is 20.9 Å². The molecule has 3 rings (SSSR count). The van der Waals surface area contributed by atoms with Crippen LogP contribution in [-0.4, -0.2) is 55.1 Å². The number of carbonyl (C=O) groups is 1. The van der Waals surface area contributed by atoms with Crippen molar-refractivity contribution in [1.29, 1.82) is 0 Å². The number of amides is 1. The number of hydrogen-bond donors (Lipinski definition) is 2. The van der Waals surface area contributed by atoms with Crippen molar-refractivity contribution in [2.24, 2.45) is 11.7 Å². The molecule has 1 saturated carbocycles. The van der Waals surface area contributed by atoms with Gasteiger partial charge in [0.25, 0.3) is 0 Å². The predicted octanol–water partition coefficient (Wildman–Crippen LogP) is 2.07. The van der Waals surface area contributed by atoms with Crippen molar-refractivity contribution >= 4 is 17.4 Å². The van der Waals surface area contributed by atoms with E-state index in [1.807, 2.05) is 12.3 Å². The minimum atomic E-state index is 0.0234. The molecule has 1 aliphatic heterocycles. The van der Waals surface area contributed by atoms with Crippen LogP contribution in [0, 0.1) is 5.92 Å². The Morgan fingerprint density at radius 3 is 2.60 bits per heavy atom. The highest BCUT2D eigenvalue weighted by molar-refractivity contribution is 5.91. The lowest BCUT2D eigenvalue weighted by Gasteiger charge is -2.36. The SMILES string of the molecule is CN(C)C1CCN(c2ccc(NC(=O)C3CCCC(N)C3)nc2)CC1. The Balaban J connectivity index is 1.53. The Bertz CT molecular complexity index is 566. The number of rotatable bonds is 4. The summed E-state index contributed by atoms with van der Waals surface area (Å²) in [6.07, 6.45) is 8.00. The van der Waals surface area contributed by atoms with Gasteiger partial charge in [-0.25, -0.2) is 4.98 Å². The summed E-state index contributed by atoms with van der Waals surface area (Å²) in [5, 5.41) is 2.95. The molecule has 6 nitrogen and oxygen atoms in total. The van der Waals surface area contributed by atoms with Crippen molar-refractivity contribution in [2.75, 3.05) is 37.4 Å². The highest BCUT2D eigenvalue weighted by Gasteiger charge is 2.25. The van der Waals surface area contributed by atoms with Gasteiger partial charge >= 0.3 is 0 Å². The fraction of sp³-hybridized carbons (Fsp3) is 0.684. The number of pyridine rings is 1. The van der Waals surface area contributed by atoms with Crippen molar-refractivity contribution in [3.63, 3.8) is 0 Å². The maximum Gasteiger partial charge on any atom is 0.228 e. The zero-order valence-corrected chi connectivity index (χ0v) is 15.4. The van der Waals surface area contributed by atoms with Gasteiger partial charge in [0.05, 0.1) is 11.9 Å². The lowest BCUT2D eigenvalue weighted by Crippen LogP contribution is -2.42. The molecule has 0 bridgehead atoms. The molecule has 2 atom stereocenters. The maximum absolute atomic E-state index is 12.4. The Morgan fingerprint density at radius 1 is 1.24 bits per heavy atom. The van der Waals surface area contributed by atoms with E-state index in [0.717, 1.165) is 44.5 Å². The molecule has 25 heavy (non-hydrogen) atoms. The molecule has 1 saturated heterocycles. The van der Waals surface area contributed by atoms with E-state index in [1.54, 1.807) is 0 Å². The molecule has 2 heterocycles. The van der Waals surface area contributed by atoms with E-state index < -0.39 is 0 Å². The van der Waals surface area contributed by atoms with Crippen molar-refractivity contribution in [3.05, 3.63) is 18.3 Å². The summed E-state index contributed by atoms with van der Waals surface area (Å²) in [7, 11) is 4.30. The van der Waals surface area contributed by atoms with Gasteiger partial charge in [0, 0.05) is 31.1 Å². The Hall–Kier alpha value is -1.66. The average molecular weight is 345 g/mol. The number of nitrogens with two attached hydrogens (primary N) is 1. The average Bonchev–Trinajstić information content (AvgIpc) is 2.62. The van der Waals surface area contributed by atoms with E-state index in [0.29, 0.717) is 11.9 Å². The van der Waals surface area contributed by atoms with E-state index >= 15 is 0 Å². The third-order valence-corrected chi connectivity index (χ3v) is 5.64. The summed E-state index contributed by atoms with van der Waals surface area (Å²) in [6, 6.07) is 4.80. The van der Waals surface area contributed by atoms with Crippen LogP contribution < -0.4 is 16.0 Å². The van der Waals surface area contributed by atoms with Gasteiger partial charge in [-0.05, 0) is 58.3 Å². The largest absolute Gasteiger partial charge is 0.370 e. The van der Waals surface area contributed by atoms with Crippen LogP contribution in [0.25, 0.3) is 0 Å². The van der Waals surface area contributed by atoms with Gasteiger partial charge in [-0.15, -0.1) is 0 Å². The van der Waals surface area contributed by atoms with Crippen LogP contribution in [0.1, 0.15) is 38.5 Å². The number of anilines is 2. The molecular weight excluding hydrogens is 314 g/mol. The number of aromatic nitrogens is 1. The van der Waals surface area contributed by atoms with Gasteiger partial charge in [0.15, 0.2) is 0 Å². The Morgan fingerprint density at radius 2 is 2.00 bits per heavy atom. The summed E-state index contributed by atoms with van der Waals surface area (Å²) in [5.74, 6) is 0.716. The number of piperidine rings is 1. The van der Waals surface area contributed by atoms with Gasteiger partial charge in [-0.1, -0.05) is 6.42 Å². The second-order valence-corrected chi connectivity index (χ2v) is 7.70. The molecular formula is C19H31N5O. The highest BCUT2D eigenvalue weighted by Crippen LogP contribution is 2.25. The maximum atomic E-state index is 12.4. The fourth-order valence-electron chi connectivity index (χ4n) is 3.98. The van der Waals surface area contributed by atoms with E-state index in [4.69, 9.17) is 5.73 Å². The molecule has 0 spiro atoms. The summed E-state index contributed by atoms with van der Waals surface area (Å²) in [6.45, 7) is 2.10. The van der Waals surface area contributed by atoms with E-state index in [-0.39, 0.29) is 17.9 Å². The summed E-state index contributed by atoms with van der Waals surface area (Å²) >= 11 is 0. The summed E-state index contributed by atoms with van der Waals surface area (Å²) in [4.78, 5) is 21.5. The van der Waals surface area contributed by atoms with Crippen LogP contribution in [0.4, 0.5) is 11.5 Å². The van der Waals surface area contributed by atoms with Crippen LogP contribution in [0.3, 0.4) is 0 Å². The molecule has 2 fully saturated rings. The van der Waals surface area contributed by atoms with Crippen LogP contribution >= 0.6 is 0 Å². The van der Waals surface area contributed by atoms with E-state index in [1.165, 1.54) is 12.8 Å². The lowest BCUT2D eigenvalue weighted by molar-refractivity contribution is -0.120. The Kier molecular flexibility index (Phi) is 5.91. The quantitative estimate of drug-likeness (QED) is 0.874. The van der Waals surface area contributed by atoms with Crippen LogP contribution in [0.2, 0.25) is 0 Å². The first kappa shape index (κ1) is 18.1. The van der Waals surface area contributed by atoms with E-state index in [9.17, 15) is 4.79 Å².